The zero-order valence-corrected chi connectivity index (χ0v) is 21.2. The van der Waals surface area contributed by atoms with Gasteiger partial charge in [-0.1, -0.05) is 51.1 Å². The molecule has 4 rings (SSSR count). The Morgan fingerprint density at radius 1 is 1.03 bits per heavy atom. The number of carbonyl (C=O) groups excluding carboxylic acids is 2. The highest BCUT2D eigenvalue weighted by atomic mass is 16.5. The van der Waals surface area contributed by atoms with Gasteiger partial charge < -0.3 is 23.9 Å². The van der Waals surface area contributed by atoms with E-state index in [9.17, 15) is 14.7 Å². The van der Waals surface area contributed by atoms with Crippen LogP contribution in [0.4, 0.5) is 0 Å². The molecule has 36 heavy (non-hydrogen) atoms. The molecule has 1 amide bonds. The number of ketones is 1. The maximum atomic E-state index is 13.3. The van der Waals surface area contributed by atoms with E-state index in [1.165, 1.54) is 17.2 Å². The van der Waals surface area contributed by atoms with Crippen LogP contribution in [-0.2, 0) is 16.6 Å². The first-order chi connectivity index (χ1) is 17.2. The first kappa shape index (κ1) is 25.1. The molecule has 1 aromatic heterocycles. The number of furan rings is 1. The van der Waals surface area contributed by atoms with Gasteiger partial charge in [-0.15, -0.1) is 0 Å². The highest BCUT2D eigenvalue weighted by Crippen LogP contribution is 2.40. The number of Topliss-reactive ketones (excluding diaryl/α,β-unsaturated/α-hetero) is 1. The van der Waals surface area contributed by atoms with E-state index in [4.69, 9.17) is 13.9 Å². The first-order valence-corrected chi connectivity index (χ1v) is 11.8. The number of rotatable bonds is 8. The Hall–Kier alpha value is -4.00. The lowest BCUT2D eigenvalue weighted by Gasteiger charge is -2.28. The minimum absolute atomic E-state index is 0.0192. The van der Waals surface area contributed by atoms with E-state index in [1.54, 1.807) is 20.3 Å². The minimum atomic E-state index is -0.746. The van der Waals surface area contributed by atoms with Crippen LogP contribution in [0.1, 0.15) is 54.1 Å². The van der Waals surface area contributed by atoms with Gasteiger partial charge in [0.1, 0.15) is 0 Å². The van der Waals surface area contributed by atoms with Crippen LogP contribution >= 0.6 is 0 Å². The third kappa shape index (κ3) is 4.73. The number of ether oxygens (including phenoxy) is 2. The molecular formula is C29H31NO6. The molecule has 1 aliphatic heterocycles. The van der Waals surface area contributed by atoms with Crippen LogP contribution in [0, 0.1) is 0 Å². The van der Waals surface area contributed by atoms with Crippen LogP contribution in [-0.4, -0.2) is 42.5 Å². The predicted molar refractivity (Wildman–Crippen MR) is 136 cm³/mol. The molecule has 1 N–H and O–H groups in total. The fourth-order valence-corrected chi connectivity index (χ4v) is 4.45. The lowest BCUT2D eigenvalue weighted by molar-refractivity contribution is -0.129. The van der Waals surface area contributed by atoms with Crippen molar-refractivity contribution in [3.8, 4) is 11.5 Å². The number of benzene rings is 2. The highest BCUT2D eigenvalue weighted by molar-refractivity contribution is 6.15. The second kappa shape index (κ2) is 9.93. The van der Waals surface area contributed by atoms with Crippen molar-refractivity contribution in [2.24, 2.45) is 0 Å². The molecule has 3 aromatic rings. The van der Waals surface area contributed by atoms with E-state index < -0.39 is 23.5 Å². The van der Waals surface area contributed by atoms with Crippen molar-refractivity contribution < 1.29 is 28.6 Å². The van der Waals surface area contributed by atoms with Crippen molar-refractivity contribution in [1.82, 2.24) is 4.90 Å². The summed E-state index contributed by atoms with van der Waals surface area (Å²) in [6.07, 6.45) is 1.88. The Bertz CT molecular complexity index is 1280. The first-order valence-electron chi connectivity index (χ1n) is 11.8. The largest absolute Gasteiger partial charge is 0.503 e. The number of aliphatic hydroxyl groups excluding tert-OH is 1. The molecule has 0 aliphatic carbocycles. The van der Waals surface area contributed by atoms with Gasteiger partial charge in [-0.2, -0.15) is 0 Å². The molecule has 0 saturated heterocycles. The number of nitrogens with zero attached hydrogens (tertiary/aromatic N) is 1. The topological polar surface area (TPSA) is 89.2 Å². The summed E-state index contributed by atoms with van der Waals surface area (Å²) in [5.41, 5.74) is 2.75. The summed E-state index contributed by atoms with van der Waals surface area (Å²) in [6.45, 7) is 6.63. The van der Waals surface area contributed by atoms with Crippen molar-refractivity contribution in [3.63, 3.8) is 0 Å². The Balaban J connectivity index is 1.69. The summed E-state index contributed by atoms with van der Waals surface area (Å²) < 4.78 is 16.0. The van der Waals surface area contributed by atoms with Crippen molar-refractivity contribution in [1.29, 1.82) is 0 Å². The summed E-state index contributed by atoms with van der Waals surface area (Å²) >= 11 is 0. The van der Waals surface area contributed by atoms with Gasteiger partial charge in [0, 0.05) is 6.54 Å². The van der Waals surface area contributed by atoms with Gasteiger partial charge in [-0.3, -0.25) is 9.59 Å². The van der Waals surface area contributed by atoms with E-state index in [0.717, 1.165) is 16.7 Å². The van der Waals surface area contributed by atoms with Gasteiger partial charge in [0.15, 0.2) is 23.0 Å². The van der Waals surface area contributed by atoms with Gasteiger partial charge in [-0.05, 0) is 52.8 Å². The maximum absolute atomic E-state index is 13.3. The molecular weight excluding hydrogens is 458 g/mol. The van der Waals surface area contributed by atoms with Crippen LogP contribution in [0.15, 0.2) is 76.6 Å². The van der Waals surface area contributed by atoms with Gasteiger partial charge in [0.2, 0.25) is 5.78 Å². The lowest BCUT2D eigenvalue weighted by atomic mass is 9.85. The van der Waals surface area contributed by atoms with Crippen molar-refractivity contribution in [2.75, 3.05) is 20.8 Å². The Morgan fingerprint density at radius 3 is 2.31 bits per heavy atom. The summed E-state index contributed by atoms with van der Waals surface area (Å²) in [7, 11) is 3.14. The number of carbonyl (C=O) groups is 2. The van der Waals surface area contributed by atoms with Gasteiger partial charge in [0.05, 0.1) is 32.1 Å². The molecule has 7 nitrogen and oxygen atoms in total. The normalized spacial score (nSPS) is 16.0. The molecule has 0 saturated carbocycles. The second-order valence-corrected chi connectivity index (χ2v) is 9.78. The van der Waals surface area contributed by atoms with Crippen LogP contribution in [0.3, 0.4) is 0 Å². The van der Waals surface area contributed by atoms with E-state index >= 15 is 0 Å². The number of amides is 1. The number of hydrogen-bond acceptors (Lipinski definition) is 6. The fourth-order valence-electron chi connectivity index (χ4n) is 4.45. The molecule has 0 bridgehead atoms. The Kier molecular flexibility index (Phi) is 6.93. The molecule has 188 valence electrons. The SMILES string of the molecule is COc1ccc(CCN2C(=O)C(O)=C(C(=O)c3ccco3)C2c2ccc(C(C)(C)C)cc2)cc1OC. The zero-order chi connectivity index (χ0) is 26.0. The lowest BCUT2D eigenvalue weighted by Crippen LogP contribution is -2.33. The molecule has 1 unspecified atom stereocenters. The summed E-state index contributed by atoms with van der Waals surface area (Å²) in [4.78, 5) is 28.1. The van der Waals surface area contributed by atoms with Gasteiger partial charge in [0.25, 0.3) is 5.91 Å². The third-order valence-electron chi connectivity index (χ3n) is 6.48. The average molecular weight is 490 g/mol. The van der Waals surface area contributed by atoms with Crippen LogP contribution in [0.25, 0.3) is 0 Å². The van der Waals surface area contributed by atoms with Crippen LogP contribution in [0.2, 0.25) is 0 Å². The molecule has 2 heterocycles. The van der Waals surface area contributed by atoms with E-state index in [-0.39, 0.29) is 23.3 Å². The summed E-state index contributed by atoms with van der Waals surface area (Å²) in [5.74, 6) is -0.372. The maximum Gasteiger partial charge on any atom is 0.290 e. The van der Waals surface area contributed by atoms with Crippen molar-refractivity contribution in [3.05, 3.63) is 94.6 Å². The van der Waals surface area contributed by atoms with E-state index in [1.807, 2.05) is 42.5 Å². The monoisotopic (exact) mass is 489 g/mol. The Morgan fingerprint density at radius 2 is 1.72 bits per heavy atom. The number of hydrogen-bond donors (Lipinski definition) is 1. The average Bonchev–Trinajstić information content (AvgIpc) is 3.49. The minimum Gasteiger partial charge on any atom is -0.503 e. The van der Waals surface area contributed by atoms with Gasteiger partial charge >= 0.3 is 0 Å². The quantitative estimate of drug-likeness (QED) is 0.425. The molecule has 0 radical (unpaired) electrons. The zero-order valence-electron chi connectivity index (χ0n) is 21.2. The molecule has 0 spiro atoms. The van der Waals surface area contributed by atoms with Crippen molar-refractivity contribution in [2.45, 2.75) is 38.6 Å². The smallest absolute Gasteiger partial charge is 0.290 e. The van der Waals surface area contributed by atoms with E-state index in [2.05, 4.69) is 20.8 Å². The van der Waals surface area contributed by atoms with Crippen LogP contribution < -0.4 is 9.47 Å². The molecule has 2 aromatic carbocycles. The highest BCUT2D eigenvalue weighted by Gasteiger charge is 2.44. The van der Waals surface area contributed by atoms with Gasteiger partial charge in [-0.25, -0.2) is 0 Å². The predicted octanol–water partition coefficient (Wildman–Crippen LogP) is 5.42. The molecule has 7 heteroatoms. The Labute approximate surface area is 210 Å². The second-order valence-electron chi connectivity index (χ2n) is 9.78. The standard InChI is InChI=1S/C29H31NO6/c1-29(2,3)20-11-9-19(10-12-20)25-24(26(31)22-7-6-16-36-22)27(32)28(33)30(25)15-14-18-8-13-21(34-4)23(17-18)35-5/h6-13,16-17,25,32H,14-15H2,1-5H3. The fraction of sp³-hybridized carbons (Fsp3) is 0.310. The third-order valence-corrected chi connectivity index (χ3v) is 6.48. The summed E-state index contributed by atoms with van der Waals surface area (Å²) in [5, 5.41) is 10.8. The van der Waals surface area contributed by atoms with E-state index in [0.29, 0.717) is 17.9 Å². The van der Waals surface area contributed by atoms with Crippen LogP contribution in [0.5, 0.6) is 11.5 Å². The van der Waals surface area contributed by atoms with Crippen molar-refractivity contribution >= 4 is 11.7 Å². The number of aliphatic hydroxyl groups is 1. The molecule has 1 aliphatic rings. The molecule has 1 atom stereocenters. The molecule has 0 fully saturated rings. The summed E-state index contributed by atoms with van der Waals surface area (Å²) in [6, 6.07) is 15.8. The number of methoxy groups -OCH3 is 2.